The van der Waals surface area contributed by atoms with Crippen molar-refractivity contribution in [3.63, 3.8) is 0 Å². The normalized spacial score (nSPS) is 17.4. The predicted molar refractivity (Wildman–Crippen MR) is 202 cm³/mol. The largest absolute Gasteiger partial charge is 0.507 e. The summed E-state index contributed by atoms with van der Waals surface area (Å²) in [6.45, 7) is 9.65. The average molecular weight is 697 g/mol. The number of aromatic hydroxyl groups is 1. The van der Waals surface area contributed by atoms with Gasteiger partial charge in [0.15, 0.2) is 9.84 Å². The Kier molecular flexibility index (Phi) is 11.2. The molecule has 0 spiro atoms. The molecule has 5 rings (SSSR count). The zero-order valence-corrected chi connectivity index (χ0v) is 30.9. The molecule has 4 aromatic rings. The summed E-state index contributed by atoms with van der Waals surface area (Å²) in [7, 11) is -6.75. The number of phenolic OH excluding ortho intramolecular Hbond substituents is 1. The molecule has 0 radical (unpaired) electrons. The van der Waals surface area contributed by atoms with Gasteiger partial charge < -0.3 is 19.7 Å². The molecule has 1 aliphatic heterocycles. The van der Waals surface area contributed by atoms with Crippen LogP contribution in [0.3, 0.4) is 0 Å². The van der Waals surface area contributed by atoms with Crippen molar-refractivity contribution in [2.24, 2.45) is 0 Å². The predicted octanol–water partition coefficient (Wildman–Crippen LogP) is 6.35. The van der Waals surface area contributed by atoms with Crippen LogP contribution in [0.15, 0.2) is 114 Å². The van der Waals surface area contributed by atoms with E-state index in [9.17, 15) is 23.7 Å². The Bertz CT molecular complexity index is 1850. The molecule has 0 fully saturated rings. The van der Waals surface area contributed by atoms with Crippen molar-refractivity contribution in [3.8, 4) is 5.75 Å². The van der Waals surface area contributed by atoms with Crippen molar-refractivity contribution in [3.05, 3.63) is 137 Å². The number of allylic oxidation sites excluding steroid dienone is 1. The second-order valence-corrected chi connectivity index (χ2v) is 20.6. The summed E-state index contributed by atoms with van der Waals surface area (Å²) in [6, 6.07) is 34.1. The van der Waals surface area contributed by atoms with E-state index in [4.69, 9.17) is 4.43 Å². The second-order valence-electron chi connectivity index (χ2n) is 14.1. The number of aryl methyl sites for hydroxylation is 2. The molecule has 0 saturated carbocycles. The Morgan fingerprint density at radius 1 is 0.898 bits per heavy atom. The van der Waals surface area contributed by atoms with Crippen LogP contribution in [0.5, 0.6) is 5.75 Å². The van der Waals surface area contributed by atoms with Gasteiger partial charge >= 0.3 is 0 Å². The van der Waals surface area contributed by atoms with Gasteiger partial charge in [-0.15, -0.1) is 0 Å². The highest BCUT2D eigenvalue weighted by molar-refractivity contribution is 7.92. The topological polar surface area (TPSA) is 104 Å². The Hall–Kier alpha value is -3.79. The second kappa shape index (κ2) is 15.0. The van der Waals surface area contributed by atoms with E-state index in [2.05, 4.69) is 51.1 Å². The summed E-state index contributed by atoms with van der Waals surface area (Å²) in [6.07, 6.45) is 1.65. The molecular weight excluding hydrogens is 649 g/mol. The van der Waals surface area contributed by atoms with Gasteiger partial charge in [-0.3, -0.25) is 0 Å². The average Bonchev–Trinajstić information content (AvgIpc) is 3.35. The Morgan fingerprint density at radius 2 is 1.41 bits per heavy atom. The van der Waals surface area contributed by atoms with E-state index in [1.54, 1.807) is 0 Å². The Balaban J connectivity index is 1.52. The van der Waals surface area contributed by atoms with Crippen LogP contribution in [0.4, 0.5) is 0 Å². The molecule has 2 atom stereocenters. The van der Waals surface area contributed by atoms with E-state index in [1.807, 2.05) is 92.7 Å². The molecule has 49 heavy (non-hydrogen) atoms. The number of aliphatic hydroxyl groups is 2. The van der Waals surface area contributed by atoms with E-state index >= 15 is 0 Å². The third-order valence-corrected chi connectivity index (χ3v) is 16.7. The lowest BCUT2D eigenvalue weighted by atomic mass is 9.92. The highest BCUT2D eigenvalue weighted by Crippen LogP contribution is 2.39. The van der Waals surface area contributed by atoms with E-state index in [-0.39, 0.29) is 29.6 Å². The SMILES string of the molecule is Cc1cc(/C=C(/CC[C@@H](O)C2=C(CO[Si](c3ccccc3)(c3ccccc3)C(C)(C)C)CS(=O)(=O)[C@H]2CO)c2ccccc2)cc(C)c1O. The van der Waals surface area contributed by atoms with Gasteiger partial charge in [-0.25, -0.2) is 8.42 Å². The molecule has 0 unspecified atom stereocenters. The number of aliphatic hydroxyl groups excluding tert-OH is 2. The first-order valence-electron chi connectivity index (χ1n) is 16.8. The molecule has 0 bridgehead atoms. The molecule has 8 heteroatoms. The maximum atomic E-state index is 13.5. The summed E-state index contributed by atoms with van der Waals surface area (Å²) in [5.74, 6) is 0.00192. The standard InChI is InChI=1S/C41H48O6SSi/c1-29-23-31(24-30(2)40(29)44)25-33(32-15-9-6-10-16-32)21-22-37(43)39-34(28-48(45,46)38(39)26-42)27-47-49(41(3,4)5,35-17-11-7-12-18-35)36-19-13-8-14-20-36/h6-20,23-25,37-38,42-44H,21-22,26-28H2,1-5H3/b33-25-/t37-,38+/m1/s1. The van der Waals surface area contributed by atoms with Gasteiger partial charge in [0, 0.05) is 0 Å². The highest BCUT2D eigenvalue weighted by Gasteiger charge is 2.51. The third-order valence-electron chi connectivity index (χ3n) is 9.65. The van der Waals surface area contributed by atoms with Gasteiger partial charge in [-0.05, 0) is 93.2 Å². The number of hydrogen-bond donors (Lipinski definition) is 3. The van der Waals surface area contributed by atoms with Gasteiger partial charge in [-0.2, -0.15) is 0 Å². The molecule has 0 aromatic heterocycles. The molecule has 4 aromatic carbocycles. The van der Waals surface area contributed by atoms with Crippen LogP contribution in [0.25, 0.3) is 11.6 Å². The lowest BCUT2D eigenvalue weighted by Gasteiger charge is -2.43. The smallest absolute Gasteiger partial charge is 0.261 e. The van der Waals surface area contributed by atoms with E-state index < -0.39 is 36.1 Å². The first-order valence-corrected chi connectivity index (χ1v) is 20.4. The minimum atomic E-state index is -3.75. The maximum absolute atomic E-state index is 13.5. The van der Waals surface area contributed by atoms with E-state index in [1.165, 1.54) is 0 Å². The van der Waals surface area contributed by atoms with Crippen molar-refractivity contribution >= 4 is 40.2 Å². The van der Waals surface area contributed by atoms with Crippen molar-refractivity contribution < 1.29 is 28.2 Å². The lowest BCUT2D eigenvalue weighted by Crippen LogP contribution is -2.66. The minimum Gasteiger partial charge on any atom is -0.507 e. The number of benzene rings is 4. The van der Waals surface area contributed by atoms with Gasteiger partial charge in [0.25, 0.3) is 8.32 Å². The molecule has 1 heterocycles. The fraction of sp³-hybridized carbons (Fsp3) is 0.317. The maximum Gasteiger partial charge on any atom is 0.261 e. The number of phenols is 1. The molecule has 0 saturated heterocycles. The fourth-order valence-electron chi connectivity index (χ4n) is 7.27. The van der Waals surface area contributed by atoms with Crippen LogP contribution in [0.1, 0.15) is 55.9 Å². The molecule has 1 aliphatic rings. The van der Waals surface area contributed by atoms with Crippen molar-refractivity contribution in [2.75, 3.05) is 19.0 Å². The Labute approximate surface area is 292 Å². The fourth-order valence-corrected chi connectivity index (χ4v) is 13.7. The number of sulfone groups is 1. The van der Waals surface area contributed by atoms with Crippen molar-refractivity contribution in [1.82, 2.24) is 0 Å². The number of hydrogen-bond acceptors (Lipinski definition) is 6. The monoisotopic (exact) mass is 696 g/mol. The lowest BCUT2D eigenvalue weighted by molar-refractivity contribution is 0.188. The summed E-state index contributed by atoms with van der Waals surface area (Å²) >= 11 is 0. The van der Waals surface area contributed by atoms with Crippen LogP contribution in [-0.4, -0.2) is 62.4 Å². The molecular formula is C41H48O6SSi. The zero-order chi connectivity index (χ0) is 35.4. The molecule has 3 N–H and O–H groups in total. The van der Waals surface area contributed by atoms with Crippen molar-refractivity contribution in [1.29, 1.82) is 0 Å². The van der Waals surface area contributed by atoms with E-state index in [0.29, 0.717) is 17.6 Å². The molecule has 6 nitrogen and oxygen atoms in total. The van der Waals surface area contributed by atoms with Crippen LogP contribution in [0.2, 0.25) is 5.04 Å². The highest BCUT2D eigenvalue weighted by atomic mass is 32.2. The van der Waals surface area contributed by atoms with Crippen LogP contribution < -0.4 is 10.4 Å². The summed E-state index contributed by atoms with van der Waals surface area (Å²) in [5.41, 5.74) is 5.30. The zero-order valence-electron chi connectivity index (χ0n) is 29.1. The summed E-state index contributed by atoms with van der Waals surface area (Å²) < 4.78 is 34.1. The summed E-state index contributed by atoms with van der Waals surface area (Å²) in [4.78, 5) is 0. The minimum absolute atomic E-state index is 0.0306. The van der Waals surface area contributed by atoms with Crippen LogP contribution in [0, 0.1) is 13.8 Å². The van der Waals surface area contributed by atoms with Crippen LogP contribution >= 0.6 is 0 Å². The van der Waals surface area contributed by atoms with Gasteiger partial charge in [-0.1, -0.05) is 118 Å². The van der Waals surface area contributed by atoms with Gasteiger partial charge in [0.1, 0.15) is 11.0 Å². The quantitative estimate of drug-likeness (QED) is 0.0906. The molecule has 0 aliphatic carbocycles. The third kappa shape index (κ3) is 7.69. The van der Waals surface area contributed by atoms with Crippen LogP contribution in [-0.2, 0) is 14.3 Å². The first kappa shape index (κ1) is 36.5. The molecule has 0 amide bonds. The van der Waals surface area contributed by atoms with E-state index in [0.717, 1.165) is 38.2 Å². The summed E-state index contributed by atoms with van der Waals surface area (Å²) in [5, 5.41) is 33.2. The first-order chi connectivity index (χ1) is 23.3. The molecule has 258 valence electrons. The van der Waals surface area contributed by atoms with Crippen molar-refractivity contribution in [2.45, 2.75) is 63.9 Å². The van der Waals surface area contributed by atoms with Gasteiger partial charge in [0.05, 0.1) is 25.1 Å². The Morgan fingerprint density at radius 3 is 1.90 bits per heavy atom. The van der Waals surface area contributed by atoms with Gasteiger partial charge in [0.2, 0.25) is 0 Å². The number of rotatable bonds is 12.